The van der Waals surface area contributed by atoms with Gasteiger partial charge in [-0.15, -0.1) is 11.3 Å². The fraction of sp³-hybridized carbons (Fsp3) is 0.103. The summed E-state index contributed by atoms with van der Waals surface area (Å²) in [6, 6.07) is 16.0. The molecule has 0 saturated carbocycles. The van der Waals surface area contributed by atoms with Crippen LogP contribution in [0.3, 0.4) is 0 Å². The molecule has 5 rings (SSSR count). The minimum atomic E-state index is -4.89. The maximum absolute atomic E-state index is 14.2. The van der Waals surface area contributed by atoms with Gasteiger partial charge in [-0.1, -0.05) is 42.5 Å². The van der Waals surface area contributed by atoms with E-state index < -0.39 is 35.2 Å². The number of aromatic nitrogens is 2. The standard InChI is InChI=1S/C29H20F4N4O3S/c30-24-21(29(31,32)33)2-1-3-22(24)37-28(40)36-19-11-9-18(10-12-19)25-27-26(35-15-34-25)20(14-41-27)17-7-4-16(5-8-17)6-13-23(38)39/h1-5,7-12,14-15H,6,13H2,(H,38,39)(H2,36,37,40). The molecule has 41 heavy (non-hydrogen) atoms. The summed E-state index contributed by atoms with van der Waals surface area (Å²) in [5.74, 6) is -2.41. The topological polar surface area (TPSA) is 104 Å². The minimum absolute atomic E-state index is 0.0602. The third kappa shape index (κ3) is 6.17. The number of urea groups is 1. The number of thiophene rings is 1. The van der Waals surface area contributed by atoms with E-state index in [9.17, 15) is 27.2 Å². The number of carbonyl (C=O) groups is 2. The van der Waals surface area contributed by atoms with Gasteiger partial charge < -0.3 is 15.7 Å². The van der Waals surface area contributed by atoms with Crippen molar-refractivity contribution in [2.75, 3.05) is 10.6 Å². The zero-order valence-corrected chi connectivity index (χ0v) is 21.8. The number of amides is 2. The molecular weight excluding hydrogens is 560 g/mol. The summed E-state index contributed by atoms with van der Waals surface area (Å²) in [5.41, 5.74) is 3.20. The van der Waals surface area contributed by atoms with E-state index in [0.717, 1.165) is 44.6 Å². The first-order chi connectivity index (χ1) is 19.6. The highest BCUT2D eigenvalue weighted by Gasteiger charge is 2.35. The molecule has 0 atom stereocenters. The molecule has 0 fully saturated rings. The number of alkyl halides is 3. The number of fused-ring (bicyclic) bond motifs is 1. The number of benzene rings is 3. The van der Waals surface area contributed by atoms with Gasteiger partial charge in [-0.05, 0) is 41.8 Å². The minimum Gasteiger partial charge on any atom is -0.481 e. The van der Waals surface area contributed by atoms with Crippen LogP contribution in [-0.4, -0.2) is 27.1 Å². The lowest BCUT2D eigenvalue weighted by molar-refractivity contribution is -0.140. The SMILES string of the molecule is O=C(O)CCc1ccc(-c2csc3c(-c4ccc(NC(=O)Nc5cccc(C(F)(F)F)c5F)cc4)ncnc23)cc1. The average molecular weight is 581 g/mol. The van der Waals surface area contributed by atoms with Gasteiger partial charge in [0, 0.05) is 28.6 Å². The molecule has 2 amide bonds. The lowest BCUT2D eigenvalue weighted by Crippen LogP contribution is -2.21. The van der Waals surface area contributed by atoms with Crippen LogP contribution in [0.2, 0.25) is 0 Å². The number of nitrogens with one attached hydrogen (secondary N) is 2. The number of carboxylic acids is 1. The molecule has 0 unspecified atom stereocenters. The van der Waals surface area contributed by atoms with Crippen LogP contribution in [0.1, 0.15) is 17.5 Å². The zero-order valence-electron chi connectivity index (χ0n) is 21.0. The summed E-state index contributed by atoms with van der Waals surface area (Å²) in [6.45, 7) is 0. The van der Waals surface area contributed by atoms with Crippen molar-refractivity contribution in [1.82, 2.24) is 9.97 Å². The third-order valence-electron chi connectivity index (χ3n) is 6.21. The number of aliphatic carboxylic acids is 1. The highest BCUT2D eigenvalue weighted by Crippen LogP contribution is 2.38. The lowest BCUT2D eigenvalue weighted by Gasteiger charge is -2.13. The molecular formula is C29H20F4N4O3S. The molecule has 3 aromatic carbocycles. The molecule has 0 aliphatic carbocycles. The molecule has 5 aromatic rings. The summed E-state index contributed by atoms with van der Waals surface area (Å²) in [4.78, 5) is 32.1. The van der Waals surface area contributed by atoms with Crippen LogP contribution in [0, 0.1) is 5.82 Å². The summed E-state index contributed by atoms with van der Waals surface area (Å²) in [5, 5.41) is 15.4. The predicted octanol–water partition coefficient (Wildman–Crippen LogP) is 7.84. The van der Waals surface area contributed by atoms with Gasteiger partial charge in [-0.25, -0.2) is 19.2 Å². The van der Waals surface area contributed by atoms with Crippen molar-refractivity contribution >= 4 is 44.9 Å². The van der Waals surface area contributed by atoms with E-state index >= 15 is 0 Å². The van der Waals surface area contributed by atoms with Crippen LogP contribution in [0.4, 0.5) is 33.7 Å². The second-order valence-electron chi connectivity index (χ2n) is 8.96. The predicted molar refractivity (Wildman–Crippen MR) is 148 cm³/mol. The Labute approximate surface area is 234 Å². The molecule has 0 spiro atoms. The molecule has 0 saturated heterocycles. The first kappa shape index (κ1) is 27.7. The fourth-order valence-electron chi connectivity index (χ4n) is 4.21. The van der Waals surface area contributed by atoms with E-state index in [0.29, 0.717) is 23.9 Å². The number of carboxylic acid groups (broad SMARTS) is 1. The summed E-state index contributed by atoms with van der Waals surface area (Å²) >= 11 is 1.47. The lowest BCUT2D eigenvalue weighted by atomic mass is 10.0. The number of halogens is 4. The van der Waals surface area contributed by atoms with Gasteiger partial charge in [-0.2, -0.15) is 13.2 Å². The fourth-order valence-corrected chi connectivity index (χ4v) is 5.25. The van der Waals surface area contributed by atoms with Crippen molar-refractivity contribution in [1.29, 1.82) is 0 Å². The van der Waals surface area contributed by atoms with E-state index in [1.54, 1.807) is 24.3 Å². The Bertz CT molecular complexity index is 1740. The Morgan fingerprint density at radius 3 is 2.29 bits per heavy atom. The second kappa shape index (κ2) is 11.3. The average Bonchev–Trinajstić information content (AvgIpc) is 3.37. The molecule has 3 N–H and O–H groups in total. The largest absolute Gasteiger partial charge is 0.481 e. The number of rotatable bonds is 7. The van der Waals surface area contributed by atoms with Crippen molar-refractivity contribution in [3.05, 3.63) is 95.4 Å². The van der Waals surface area contributed by atoms with Crippen LogP contribution in [0.25, 0.3) is 32.6 Å². The Hall–Kier alpha value is -4.84. The zero-order chi connectivity index (χ0) is 29.1. The van der Waals surface area contributed by atoms with Crippen LogP contribution < -0.4 is 10.6 Å². The first-order valence-corrected chi connectivity index (χ1v) is 13.1. The number of nitrogens with zero attached hydrogens (tertiary/aromatic N) is 2. The van der Waals surface area contributed by atoms with Crippen LogP contribution in [0.5, 0.6) is 0 Å². The van der Waals surface area contributed by atoms with Crippen molar-refractivity contribution in [3.63, 3.8) is 0 Å². The van der Waals surface area contributed by atoms with Gasteiger partial charge in [0.25, 0.3) is 0 Å². The van der Waals surface area contributed by atoms with Crippen molar-refractivity contribution in [2.45, 2.75) is 19.0 Å². The van der Waals surface area contributed by atoms with Gasteiger partial charge in [0.05, 0.1) is 27.2 Å². The Morgan fingerprint density at radius 2 is 1.61 bits per heavy atom. The van der Waals surface area contributed by atoms with E-state index in [2.05, 4.69) is 20.6 Å². The van der Waals surface area contributed by atoms with E-state index in [-0.39, 0.29) is 6.42 Å². The quantitative estimate of drug-likeness (QED) is 0.170. The molecule has 7 nitrogen and oxygen atoms in total. The number of anilines is 2. The van der Waals surface area contributed by atoms with E-state index in [1.165, 1.54) is 17.7 Å². The summed E-state index contributed by atoms with van der Waals surface area (Å²) < 4.78 is 53.9. The van der Waals surface area contributed by atoms with Gasteiger partial charge in [0.2, 0.25) is 0 Å². The van der Waals surface area contributed by atoms with Crippen molar-refractivity contribution < 1.29 is 32.3 Å². The molecule has 12 heteroatoms. The van der Waals surface area contributed by atoms with Gasteiger partial charge in [0.1, 0.15) is 6.33 Å². The van der Waals surface area contributed by atoms with Gasteiger partial charge in [0.15, 0.2) is 5.82 Å². The van der Waals surface area contributed by atoms with Crippen LogP contribution in [-0.2, 0) is 17.4 Å². The normalized spacial score (nSPS) is 11.4. The molecule has 2 aromatic heterocycles. The van der Waals surface area contributed by atoms with Crippen LogP contribution in [0.15, 0.2) is 78.4 Å². The number of carbonyl (C=O) groups excluding carboxylic acids is 1. The number of aryl methyl sites for hydroxylation is 1. The third-order valence-corrected chi connectivity index (χ3v) is 7.19. The second-order valence-corrected chi connectivity index (χ2v) is 9.84. The highest BCUT2D eigenvalue weighted by molar-refractivity contribution is 7.18. The first-order valence-electron chi connectivity index (χ1n) is 12.2. The Balaban J connectivity index is 1.31. The maximum Gasteiger partial charge on any atom is 0.419 e. The molecule has 0 bridgehead atoms. The molecule has 0 aliphatic heterocycles. The Morgan fingerprint density at radius 1 is 0.902 bits per heavy atom. The number of hydrogen-bond acceptors (Lipinski definition) is 5. The molecule has 0 radical (unpaired) electrons. The Kier molecular flexibility index (Phi) is 7.66. The maximum atomic E-state index is 14.2. The van der Waals surface area contributed by atoms with Gasteiger partial charge in [-0.3, -0.25) is 4.79 Å². The number of hydrogen-bond donors (Lipinski definition) is 3. The molecule has 2 heterocycles. The summed E-state index contributed by atoms with van der Waals surface area (Å²) in [7, 11) is 0. The van der Waals surface area contributed by atoms with E-state index in [4.69, 9.17) is 5.11 Å². The monoisotopic (exact) mass is 580 g/mol. The molecule has 0 aliphatic rings. The van der Waals surface area contributed by atoms with Crippen molar-refractivity contribution in [2.24, 2.45) is 0 Å². The highest BCUT2D eigenvalue weighted by atomic mass is 32.1. The van der Waals surface area contributed by atoms with Crippen LogP contribution >= 0.6 is 11.3 Å². The summed E-state index contributed by atoms with van der Waals surface area (Å²) in [6.07, 6.45) is -2.93. The van der Waals surface area contributed by atoms with E-state index in [1.807, 2.05) is 29.6 Å². The van der Waals surface area contributed by atoms with Gasteiger partial charge >= 0.3 is 18.2 Å². The molecule has 208 valence electrons. The smallest absolute Gasteiger partial charge is 0.419 e. The van der Waals surface area contributed by atoms with Crippen molar-refractivity contribution in [3.8, 4) is 22.4 Å².